The largest absolute Gasteiger partial charge is 0.497 e. The van der Waals surface area contributed by atoms with E-state index >= 15 is 0 Å². The smallest absolute Gasteiger partial charge is 0.348 e. The lowest BCUT2D eigenvalue weighted by Crippen LogP contribution is -2.30. The summed E-state index contributed by atoms with van der Waals surface area (Å²) in [6.45, 7) is 0. The van der Waals surface area contributed by atoms with E-state index in [1.54, 1.807) is 25.4 Å². The van der Waals surface area contributed by atoms with Crippen LogP contribution in [0.15, 0.2) is 48.8 Å². The maximum atomic E-state index is 12.8. The summed E-state index contributed by atoms with van der Waals surface area (Å²) >= 11 is 1.08. The normalized spacial score (nSPS) is 11.7. The van der Waals surface area contributed by atoms with Crippen molar-refractivity contribution in [2.24, 2.45) is 7.05 Å². The van der Waals surface area contributed by atoms with Crippen LogP contribution >= 0.6 is 11.3 Å². The Bertz CT molecular complexity index is 963. The quantitative estimate of drug-likeness (QED) is 0.660. The number of hydrogen-bond acceptors (Lipinski definition) is 6. The number of carbonyl (C=O) groups is 2. The number of carbonyl (C=O) groups excluding carboxylic acids is 2. The predicted molar refractivity (Wildman–Crippen MR) is 101 cm³/mol. The highest BCUT2D eigenvalue weighted by Gasteiger charge is 2.23. The molecule has 0 aliphatic rings. The minimum atomic E-state index is -0.476. The molecule has 1 aromatic carbocycles. The summed E-state index contributed by atoms with van der Waals surface area (Å²) in [4.78, 5) is 29.6. The van der Waals surface area contributed by atoms with Gasteiger partial charge in [-0.25, -0.2) is 9.78 Å². The summed E-state index contributed by atoms with van der Waals surface area (Å²) in [5.74, 6) is 0.602. The Balaban J connectivity index is 1.92. The van der Waals surface area contributed by atoms with Crippen molar-refractivity contribution in [1.82, 2.24) is 14.9 Å². The van der Waals surface area contributed by atoms with Crippen molar-refractivity contribution >= 4 is 23.2 Å². The molecule has 7 nitrogen and oxygen atoms in total. The average Bonchev–Trinajstić information content (AvgIpc) is 3.35. The van der Waals surface area contributed by atoms with E-state index < -0.39 is 12.0 Å². The van der Waals surface area contributed by atoms with Gasteiger partial charge in [0.15, 0.2) is 0 Å². The van der Waals surface area contributed by atoms with E-state index in [2.05, 4.69) is 10.3 Å². The Hall–Kier alpha value is -3.13. The van der Waals surface area contributed by atoms with Gasteiger partial charge in [-0.3, -0.25) is 4.79 Å². The number of ether oxygens (including phenoxy) is 2. The molecule has 8 heteroatoms. The second-order valence-electron chi connectivity index (χ2n) is 5.73. The van der Waals surface area contributed by atoms with Gasteiger partial charge in [0, 0.05) is 19.4 Å². The highest BCUT2D eigenvalue weighted by Crippen LogP contribution is 2.25. The number of hydrogen-bond donors (Lipinski definition) is 1. The van der Waals surface area contributed by atoms with Crippen LogP contribution in [0.25, 0.3) is 0 Å². The molecule has 27 heavy (non-hydrogen) atoms. The molecule has 0 spiro atoms. The zero-order chi connectivity index (χ0) is 19.4. The van der Waals surface area contributed by atoms with Crippen LogP contribution in [0.4, 0.5) is 0 Å². The first-order valence-electron chi connectivity index (χ1n) is 8.13. The minimum absolute atomic E-state index is 0.300. The van der Waals surface area contributed by atoms with Crippen LogP contribution in [0.3, 0.4) is 0 Å². The van der Waals surface area contributed by atoms with Gasteiger partial charge < -0.3 is 19.4 Å². The fraction of sp³-hybridized carbons (Fsp3) is 0.211. The minimum Gasteiger partial charge on any atom is -0.497 e. The summed E-state index contributed by atoms with van der Waals surface area (Å²) in [6.07, 6.45) is 3.49. The maximum Gasteiger partial charge on any atom is 0.348 e. The topological polar surface area (TPSA) is 82.5 Å². The first-order chi connectivity index (χ1) is 13.0. The van der Waals surface area contributed by atoms with Crippen molar-refractivity contribution in [1.29, 1.82) is 0 Å². The summed E-state index contributed by atoms with van der Waals surface area (Å²) in [5.41, 5.74) is 0.835. The highest BCUT2D eigenvalue weighted by atomic mass is 32.1. The predicted octanol–water partition coefficient (Wildman–Crippen LogP) is 2.80. The number of rotatable bonds is 6. The molecule has 3 aromatic rings. The van der Waals surface area contributed by atoms with Crippen molar-refractivity contribution in [2.45, 2.75) is 6.04 Å². The van der Waals surface area contributed by atoms with E-state index in [1.807, 2.05) is 42.1 Å². The first-order valence-corrected chi connectivity index (χ1v) is 8.95. The van der Waals surface area contributed by atoms with Crippen LogP contribution in [-0.4, -0.2) is 35.6 Å². The third-order valence-corrected chi connectivity index (χ3v) is 5.10. The van der Waals surface area contributed by atoms with Crippen molar-refractivity contribution in [3.63, 3.8) is 0 Å². The monoisotopic (exact) mass is 385 g/mol. The van der Waals surface area contributed by atoms with Gasteiger partial charge in [-0.05, 0) is 29.8 Å². The van der Waals surface area contributed by atoms with Gasteiger partial charge in [-0.2, -0.15) is 0 Å². The number of imidazole rings is 1. The van der Waals surface area contributed by atoms with Crippen LogP contribution in [0.2, 0.25) is 0 Å². The Kier molecular flexibility index (Phi) is 5.56. The summed E-state index contributed by atoms with van der Waals surface area (Å²) in [7, 11) is 4.76. The van der Waals surface area contributed by atoms with E-state index in [9.17, 15) is 9.59 Å². The van der Waals surface area contributed by atoms with Crippen LogP contribution in [0.5, 0.6) is 5.75 Å². The Morgan fingerprint density at radius 2 is 1.96 bits per heavy atom. The fourth-order valence-electron chi connectivity index (χ4n) is 2.65. The lowest BCUT2D eigenvalue weighted by Gasteiger charge is -2.19. The van der Waals surface area contributed by atoms with Gasteiger partial charge >= 0.3 is 5.97 Å². The van der Waals surface area contributed by atoms with E-state index in [0.717, 1.165) is 16.9 Å². The molecule has 0 bridgehead atoms. The van der Waals surface area contributed by atoms with Gasteiger partial charge in [-0.15, -0.1) is 11.3 Å². The number of nitrogens with zero attached hydrogens (tertiary/aromatic N) is 2. The number of methoxy groups -OCH3 is 2. The molecule has 2 aromatic heterocycles. The Labute approximate surface area is 160 Å². The average molecular weight is 385 g/mol. The van der Waals surface area contributed by atoms with Crippen LogP contribution < -0.4 is 10.1 Å². The van der Waals surface area contributed by atoms with Gasteiger partial charge in [0.05, 0.1) is 19.1 Å². The second-order valence-corrected chi connectivity index (χ2v) is 6.82. The van der Waals surface area contributed by atoms with Crippen molar-refractivity contribution < 1.29 is 19.1 Å². The molecule has 0 aliphatic carbocycles. The molecular formula is C19H19N3O4S. The summed E-state index contributed by atoms with van der Waals surface area (Å²) < 4.78 is 11.8. The third kappa shape index (κ3) is 4.01. The molecule has 0 fully saturated rings. The molecular weight excluding hydrogens is 366 g/mol. The summed E-state index contributed by atoms with van der Waals surface area (Å²) in [5, 5.41) is 2.99. The molecule has 140 valence electrons. The fourth-order valence-corrected chi connectivity index (χ4v) is 3.47. The lowest BCUT2D eigenvalue weighted by molar-refractivity contribution is 0.0606. The van der Waals surface area contributed by atoms with Gasteiger partial charge in [-0.1, -0.05) is 12.1 Å². The van der Waals surface area contributed by atoms with Crippen LogP contribution in [-0.2, 0) is 11.8 Å². The second kappa shape index (κ2) is 8.05. The Morgan fingerprint density at radius 3 is 2.63 bits per heavy atom. The highest BCUT2D eigenvalue weighted by molar-refractivity contribution is 7.15. The Morgan fingerprint density at radius 1 is 1.19 bits per heavy atom. The van der Waals surface area contributed by atoms with Crippen LogP contribution in [0.1, 0.15) is 36.8 Å². The summed E-state index contributed by atoms with van der Waals surface area (Å²) in [6, 6.07) is 10.2. The van der Waals surface area contributed by atoms with E-state index in [1.165, 1.54) is 7.11 Å². The number of aromatic nitrogens is 2. The van der Waals surface area contributed by atoms with E-state index in [-0.39, 0.29) is 5.91 Å². The number of benzene rings is 1. The molecule has 1 amide bonds. The van der Waals surface area contributed by atoms with Crippen molar-refractivity contribution in [3.8, 4) is 5.75 Å². The van der Waals surface area contributed by atoms with Gasteiger partial charge in [0.1, 0.15) is 22.5 Å². The molecule has 0 radical (unpaired) electrons. The standard InChI is InChI=1S/C19H19N3O4S/c1-22-10-9-20-17(22)16(12-5-4-6-13(11-12)25-2)21-18(23)14-7-8-15(27-14)19(24)26-3/h4-11,16H,1-3H3,(H,21,23). The number of esters is 1. The van der Waals surface area contributed by atoms with Gasteiger partial charge in [0.25, 0.3) is 5.91 Å². The molecule has 0 saturated heterocycles. The molecule has 1 N–H and O–H groups in total. The number of amides is 1. The first kappa shape index (κ1) is 18.7. The van der Waals surface area contributed by atoms with Crippen LogP contribution in [0, 0.1) is 0 Å². The molecule has 0 saturated carbocycles. The molecule has 2 heterocycles. The SMILES string of the molecule is COC(=O)c1ccc(C(=O)NC(c2cccc(OC)c2)c2nccn2C)s1. The van der Waals surface area contributed by atoms with E-state index in [4.69, 9.17) is 9.47 Å². The zero-order valence-corrected chi connectivity index (χ0v) is 15.9. The molecule has 1 unspecified atom stereocenters. The molecule has 1 atom stereocenters. The van der Waals surface area contributed by atoms with Crippen molar-refractivity contribution in [3.05, 3.63) is 69.9 Å². The molecule has 0 aliphatic heterocycles. The van der Waals surface area contributed by atoms with E-state index in [0.29, 0.717) is 21.3 Å². The molecule has 3 rings (SSSR count). The van der Waals surface area contributed by atoms with Crippen molar-refractivity contribution in [2.75, 3.05) is 14.2 Å². The third-order valence-electron chi connectivity index (χ3n) is 4.04. The zero-order valence-electron chi connectivity index (χ0n) is 15.1. The van der Waals surface area contributed by atoms with Gasteiger partial charge in [0.2, 0.25) is 0 Å². The number of aryl methyl sites for hydroxylation is 1. The lowest BCUT2D eigenvalue weighted by atomic mass is 10.1. The number of nitrogens with one attached hydrogen (secondary N) is 1. The number of thiophene rings is 1. The maximum absolute atomic E-state index is 12.8.